The molecule has 1 fully saturated rings. The summed E-state index contributed by atoms with van der Waals surface area (Å²) in [6, 6.07) is 9.42. The van der Waals surface area contributed by atoms with Crippen molar-refractivity contribution in [3.8, 4) is 0 Å². The van der Waals surface area contributed by atoms with Crippen LogP contribution in [0, 0.1) is 5.92 Å². The van der Waals surface area contributed by atoms with E-state index in [0.717, 1.165) is 30.7 Å². The molecule has 1 amide bonds. The lowest BCUT2D eigenvalue weighted by molar-refractivity contribution is -0.137. The number of carbonyl (C=O) groups excluding carboxylic acids is 1. The number of rotatable bonds is 6. The Morgan fingerprint density at radius 1 is 1.14 bits per heavy atom. The van der Waals surface area contributed by atoms with Gasteiger partial charge in [-0.3, -0.25) is 9.78 Å². The average Bonchev–Trinajstić information content (AvgIpc) is 3.27. The number of furan rings is 1. The molecule has 0 saturated carbocycles. The maximum absolute atomic E-state index is 13.4. The third kappa shape index (κ3) is 4.36. The van der Waals surface area contributed by atoms with Gasteiger partial charge in [-0.15, -0.1) is 0 Å². The quantitative estimate of drug-likeness (QED) is 0.657. The molecule has 7 heteroatoms. The molecule has 7 nitrogen and oxygen atoms in total. The van der Waals surface area contributed by atoms with Gasteiger partial charge in [0.1, 0.15) is 5.76 Å². The van der Waals surface area contributed by atoms with Crippen molar-refractivity contribution in [1.29, 1.82) is 0 Å². The van der Waals surface area contributed by atoms with Crippen LogP contribution in [0.1, 0.15) is 24.2 Å². The van der Waals surface area contributed by atoms with E-state index in [-0.39, 0.29) is 11.8 Å². The first-order valence-corrected chi connectivity index (χ1v) is 9.51. The van der Waals surface area contributed by atoms with Crippen LogP contribution in [0.4, 0.5) is 5.95 Å². The van der Waals surface area contributed by atoms with Gasteiger partial charge in [0, 0.05) is 44.4 Å². The van der Waals surface area contributed by atoms with E-state index in [1.807, 2.05) is 29.2 Å². The molecule has 28 heavy (non-hydrogen) atoms. The van der Waals surface area contributed by atoms with Gasteiger partial charge in [0.25, 0.3) is 0 Å². The lowest BCUT2D eigenvalue weighted by Crippen LogP contribution is -2.45. The predicted octanol–water partition coefficient (Wildman–Crippen LogP) is 2.91. The lowest BCUT2D eigenvalue weighted by atomic mass is 9.96. The van der Waals surface area contributed by atoms with Crippen molar-refractivity contribution in [3.63, 3.8) is 0 Å². The highest BCUT2D eigenvalue weighted by Crippen LogP contribution is 2.23. The van der Waals surface area contributed by atoms with Crippen molar-refractivity contribution in [2.45, 2.75) is 25.9 Å². The molecular formula is C21H23N5O2. The highest BCUT2D eigenvalue weighted by molar-refractivity contribution is 5.79. The summed E-state index contributed by atoms with van der Waals surface area (Å²) >= 11 is 0. The SMILES string of the molecule is O=C(C1CCCN(c2ncccn2)C1)N(Cc1cccnc1)Cc1ccco1. The molecular weight excluding hydrogens is 354 g/mol. The summed E-state index contributed by atoms with van der Waals surface area (Å²) in [6.45, 7) is 2.45. The number of hydrogen-bond donors (Lipinski definition) is 0. The number of nitrogens with zero attached hydrogens (tertiary/aromatic N) is 5. The van der Waals surface area contributed by atoms with Gasteiger partial charge >= 0.3 is 0 Å². The van der Waals surface area contributed by atoms with E-state index < -0.39 is 0 Å². The number of carbonyl (C=O) groups is 1. The zero-order chi connectivity index (χ0) is 19.2. The fourth-order valence-electron chi connectivity index (χ4n) is 3.59. The van der Waals surface area contributed by atoms with E-state index in [1.165, 1.54) is 0 Å². The molecule has 1 aliphatic rings. The third-order valence-electron chi connectivity index (χ3n) is 4.94. The highest BCUT2D eigenvalue weighted by atomic mass is 16.3. The second-order valence-electron chi connectivity index (χ2n) is 6.97. The molecule has 4 heterocycles. The van der Waals surface area contributed by atoms with E-state index in [9.17, 15) is 4.79 Å². The van der Waals surface area contributed by atoms with E-state index in [2.05, 4.69) is 19.9 Å². The summed E-state index contributed by atoms with van der Waals surface area (Å²) in [6.07, 6.45) is 10.4. The average molecular weight is 377 g/mol. The van der Waals surface area contributed by atoms with E-state index in [1.54, 1.807) is 37.1 Å². The number of aromatic nitrogens is 3. The van der Waals surface area contributed by atoms with Crippen LogP contribution >= 0.6 is 0 Å². The monoisotopic (exact) mass is 377 g/mol. The van der Waals surface area contributed by atoms with Crippen LogP contribution in [0.5, 0.6) is 0 Å². The molecule has 1 aliphatic heterocycles. The lowest BCUT2D eigenvalue weighted by Gasteiger charge is -2.34. The van der Waals surface area contributed by atoms with Crippen LogP contribution in [0.2, 0.25) is 0 Å². The van der Waals surface area contributed by atoms with Crippen LogP contribution in [0.25, 0.3) is 0 Å². The van der Waals surface area contributed by atoms with Crippen LogP contribution < -0.4 is 4.90 Å². The van der Waals surface area contributed by atoms with Crippen molar-refractivity contribution in [1.82, 2.24) is 19.9 Å². The van der Waals surface area contributed by atoms with Crippen molar-refractivity contribution in [2.24, 2.45) is 5.92 Å². The second kappa shape index (κ2) is 8.65. The van der Waals surface area contributed by atoms with Gasteiger partial charge in [-0.25, -0.2) is 9.97 Å². The molecule has 0 aromatic carbocycles. The van der Waals surface area contributed by atoms with Crippen LogP contribution in [-0.4, -0.2) is 38.8 Å². The molecule has 4 rings (SSSR count). The Balaban J connectivity index is 1.50. The Kier molecular flexibility index (Phi) is 5.61. The summed E-state index contributed by atoms with van der Waals surface area (Å²) in [7, 11) is 0. The molecule has 0 N–H and O–H groups in total. The van der Waals surface area contributed by atoms with E-state index in [4.69, 9.17) is 4.42 Å². The number of pyridine rings is 1. The number of anilines is 1. The standard InChI is InChI=1S/C21H23N5O2/c27-20(18-6-2-11-25(15-18)21-23-9-4-10-24-21)26(16-19-7-3-12-28-19)14-17-5-1-8-22-13-17/h1,3-5,7-10,12-13,18H,2,6,11,14-16H2. The minimum absolute atomic E-state index is 0.0933. The first-order chi connectivity index (χ1) is 13.8. The molecule has 1 saturated heterocycles. The molecule has 1 atom stereocenters. The van der Waals surface area contributed by atoms with E-state index >= 15 is 0 Å². The number of piperidine rings is 1. The first-order valence-electron chi connectivity index (χ1n) is 9.51. The van der Waals surface area contributed by atoms with Gasteiger partial charge in [0.05, 0.1) is 18.7 Å². The summed E-state index contributed by atoms with van der Waals surface area (Å²) in [5.41, 5.74) is 1.00. The van der Waals surface area contributed by atoms with E-state index in [0.29, 0.717) is 25.6 Å². The Morgan fingerprint density at radius 3 is 2.79 bits per heavy atom. The Bertz CT molecular complexity index is 870. The van der Waals surface area contributed by atoms with Crippen LogP contribution in [-0.2, 0) is 17.9 Å². The summed E-state index contributed by atoms with van der Waals surface area (Å²) in [4.78, 5) is 30.2. The predicted molar refractivity (Wildman–Crippen MR) is 104 cm³/mol. The molecule has 0 aliphatic carbocycles. The molecule has 1 unspecified atom stereocenters. The normalized spacial score (nSPS) is 16.7. The smallest absolute Gasteiger partial charge is 0.228 e. The van der Waals surface area contributed by atoms with Gasteiger partial charge < -0.3 is 14.2 Å². The fraction of sp³-hybridized carbons (Fsp3) is 0.333. The molecule has 0 spiro atoms. The Labute approximate surface area is 164 Å². The van der Waals surface area contributed by atoms with Crippen molar-refractivity contribution in [3.05, 3.63) is 72.7 Å². The summed E-state index contributed by atoms with van der Waals surface area (Å²) < 4.78 is 5.49. The summed E-state index contributed by atoms with van der Waals surface area (Å²) in [5, 5.41) is 0. The van der Waals surface area contributed by atoms with Crippen LogP contribution in [0.3, 0.4) is 0 Å². The second-order valence-corrected chi connectivity index (χ2v) is 6.97. The fourth-order valence-corrected chi connectivity index (χ4v) is 3.59. The maximum Gasteiger partial charge on any atom is 0.228 e. The van der Waals surface area contributed by atoms with Gasteiger partial charge in [-0.1, -0.05) is 6.07 Å². The third-order valence-corrected chi connectivity index (χ3v) is 4.94. The molecule has 0 bridgehead atoms. The minimum Gasteiger partial charge on any atom is -0.467 e. The van der Waals surface area contributed by atoms with Gasteiger partial charge in [-0.05, 0) is 42.7 Å². The molecule has 0 radical (unpaired) electrons. The van der Waals surface area contributed by atoms with Crippen molar-refractivity contribution in [2.75, 3.05) is 18.0 Å². The van der Waals surface area contributed by atoms with Gasteiger partial charge in [0.2, 0.25) is 11.9 Å². The van der Waals surface area contributed by atoms with Gasteiger partial charge in [-0.2, -0.15) is 0 Å². The molecule has 144 valence electrons. The molecule has 3 aromatic heterocycles. The van der Waals surface area contributed by atoms with Crippen molar-refractivity contribution >= 4 is 11.9 Å². The number of amides is 1. The zero-order valence-electron chi connectivity index (χ0n) is 15.6. The van der Waals surface area contributed by atoms with Crippen LogP contribution in [0.15, 0.2) is 65.8 Å². The zero-order valence-corrected chi connectivity index (χ0v) is 15.6. The largest absolute Gasteiger partial charge is 0.467 e. The maximum atomic E-state index is 13.4. The van der Waals surface area contributed by atoms with Crippen molar-refractivity contribution < 1.29 is 9.21 Å². The topological polar surface area (TPSA) is 75.4 Å². The molecule has 3 aromatic rings. The first kappa shape index (κ1) is 18.2. The number of hydrogen-bond acceptors (Lipinski definition) is 6. The Hall–Kier alpha value is -3.22. The minimum atomic E-state index is -0.0933. The highest BCUT2D eigenvalue weighted by Gasteiger charge is 2.30. The van der Waals surface area contributed by atoms with Gasteiger partial charge in [0.15, 0.2) is 0 Å². The Morgan fingerprint density at radius 2 is 2.04 bits per heavy atom. The summed E-state index contributed by atoms with van der Waals surface area (Å²) in [5.74, 6) is 1.49.